The zero-order valence-electron chi connectivity index (χ0n) is 12.5. The number of aryl methyl sites for hydroxylation is 1. The van der Waals surface area contributed by atoms with E-state index in [0.717, 1.165) is 32.3 Å². The number of nitrogens with two attached hydrogens (primary N) is 1. The largest absolute Gasteiger partial charge is 0.397 e. The van der Waals surface area contributed by atoms with Crippen molar-refractivity contribution < 1.29 is 0 Å². The molecule has 0 saturated carbocycles. The Kier molecular flexibility index (Phi) is 3.55. The van der Waals surface area contributed by atoms with Crippen molar-refractivity contribution >= 4 is 38.6 Å². The summed E-state index contributed by atoms with van der Waals surface area (Å²) in [5, 5.41) is 4.47. The fraction of sp³-hybridized carbons (Fsp3) is 0.235. The lowest BCUT2D eigenvalue weighted by Gasteiger charge is -2.12. The van der Waals surface area contributed by atoms with Gasteiger partial charge in [-0.25, -0.2) is 4.98 Å². The number of nitrogens with zero attached hydrogens (tertiary/aromatic N) is 1. The van der Waals surface area contributed by atoms with Crippen LogP contribution in [0.1, 0.15) is 30.3 Å². The number of fused-ring (bicyclic) bond motifs is 1. The maximum Gasteiger partial charge on any atom is 0.0907 e. The van der Waals surface area contributed by atoms with Crippen LogP contribution in [-0.2, 0) is 0 Å². The van der Waals surface area contributed by atoms with Crippen LogP contribution < -0.4 is 11.1 Å². The molecule has 3 nitrogen and oxygen atoms in total. The molecule has 0 saturated heterocycles. The van der Waals surface area contributed by atoms with E-state index >= 15 is 0 Å². The summed E-state index contributed by atoms with van der Waals surface area (Å²) in [5.41, 5.74) is 11.2. The predicted molar refractivity (Wildman–Crippen MR) is 92.6 cm³/mol. The average Bonchev–Trinajstić information content (AvgIpc) is 2.78. The average molecular weight is 297 g/mol. The molecule has 1 aromatic heterocycles. The van der Waals surface area contributed by atoms with Gasteiger partial charge in [-0.2, -0.15) is 0 Å². The van der Waals surface area contributed by atoms with E-state index in [1.165, 1.54) is 5.56 Å². The Labute approximate surface area is 128 Å². The summed E-state index contributed by atoms with van der Waals surface area (Å²) >= 11 is 1.67. The molecule has 2 aromatic carbocycles. The van der Waals surface area contributed by atoms with Crippen LogP contribution in [0.5, 0.6) is 0 Å². The van der Waals surface area contributed by atoms with E-state index < -0.39 is 0 Å². The normalized spacial score (nSPS) is 11.2. The van der Waals surface area contributed by atoms with E-state index in [1.54, 1.807) is 11.3 Å². The lowest BCUT2D eigenvalue weighted by molar-refractivity contribution is 0.867. The summed E-state index contributed by atoms with van der Waals surface area (Å²) in [5.74, 6) is 0.507. The number of nitrogens with one attached hydrogen (secondary N) is 1. The van der Waals surface area contributed by atoms with Crippen LogP contribution >= 0.6 is 11.3 Å². The number of benzene rings is 2. The molecule has 21 heavy (non-hydrogen) atoms. The zero-order valence-corrected chi connectivity index (χ0v) is 13.3. The minimum atomic E-state index is 0.507. The summed E-state index contributed by atoms with van der Waals surface area (Å²) in [7, 11) is 0. The van der Waals surface area contributed by atoms with Crippen molar-refractivity contribution in [3.63, 3.8) is 0 Å². The molecule has 0 aliphatic rings. The highest BCUT2D eigenvalue weighted by Gasteiger charge is 2.07. The maximum absolute atomic E-state index is 6.16. The van der Waals surface area contributed by atoms with Gasteiger partial charge in [0, 0.05) is 5.69 Å². The Bertz CT molecular complexity index is 790. The van der Waals surface area contributed by atoms with Gasteiger partial charge in [-0.05, 0) is 42.7 Å². The molecule has 0 fully saturated rings. The fourth-order valence-electron chi connectivity index (χ4n) is 2.34. The Balaban J connectivity index is 1.97. The third-order valence-corrected chi connectivity index (χ3v) is 4.43. The molecule has 0 bridgehead atoms. The van der Waals surface area contributed by atoms with Gasteiger partial charge in [-0.3, -0.25) is 0 Å². The number of aromatic nitrogens is 1. The van der Waals surface area contributed by atoms with Gasteiger partial charge in [0.25, 0.3) is 0 Å². The first-order valence-electron chi connectivity index (χ1n) is 7.06. The second kappa shape index (κ2) is 5.37. The first kappa shape index (κ1) is 13.9. The van der Waals surface area contributed by atoms with Crippen molar-refractivity contribution in [1.82, 2.24) is 4.98 Å². The minimum Gasteiger partial charge on any atom is -0.397 e. The maximum atomic E-state index is 6.16. The van der Waals surface area contributed by atoms with Crippen LogP contribution in [0.4, 0.5) is 17.1 Å². The highest BCUT2D eigenvalue weighted by Crippen LogP contribution is 2.32. The molecule has 0 spiro atoms. The first-order valence-corrected chi connectivity index (χ1v) is 7.88. The van der Waals surface area contributed by atoms with E-state index in [-0.39, 0.29) is 0 Å². The van der Waals surface area contributed by atoms with E-state index in [0.29, 0.717) is 5.92 Å². The molecule has 1 heterocycles. The van der Waals surface area contributed by atoms with E-state index in [9.17, 15) is 0 Å². The van der Waals surface area contributed by atoms with Crippen molar-refractivity contribution in [2.75, 3.05) is 11.1 Å². The van der Waals surface area contributed by atoms with Crippen LogP contribution in [0.25, 0.3) is 10.2 Å². The summed E-state index contributed by atoms with van der Waals surface area (Å²) in [6, 6.07) is 12.5. The van der Waals surface area contributed by atoms with Gasteiger partial charge in [-0.1, -0.05) is 26.0 Å². The predicted octanol–water partition coefficient (Wildman–Crippen LogP) is 5.05. The van der Waals surface area contributed by atoms with Gasteiger partial charge in [0.05, 0.1) is 26.6 Å². The molecule has 0 radical (unpaired) electrons. The summed E-state index contributed by atoms with van der Waals surface area (Å²) < 4.78 is 1.13. The number of anilines is 3. The molecule has 0 unspecified atom stereocenters. The number of hydrogen-bond donors (Lipinski definition) is 2. The molecule has 3 rings (SSSR count). The Morgan fingerprint density at radius 3 is 2.76 bits per heavy atom. The second-order valence-corrected chi connectivity index (χ2v) is 6.78. The smallest absolute Gasteiger partial charge is 0.0907 e. The topological polar surface area (TPSA) is 50.9 Å². The molecule has 0 atom stereocenters. The van der Waals surface area contributed by atoms with Gasteiger partial charge in [0.1, 0.15) is 0 Å². The minimum absolute atomic E-state index is 0.507. The highest BCUT2D eigenvalue weighted by molar-refractivity contribution is 7.18. The SMILES string of the molecule is Cc1nc2cc(Nc3cccc(C(C)C)c3)c(N)cc2s1. The van der Waals surface area contributed by atoms with E-state index in [4.69, 9.17) is 5.73 Å². The zero-order chi connectivity index (χ0) is 15.0. The van der Waals surface area contributed by atoms with E-state index in [1.807, 2.05) is 19.1 Å². The summed E-state index contributed by atoms with van der Waals surface area (Å²) in [6.07, 6.45) is 0. The molecular weight excluding hydrogens is 278 g/mol. The van der Waals surface area contributed by atoms with Crippen molar-refractivity contribution in [2.24, 2.45) is 0 Å². The second-order valence-electron chi connectivity index (χ2n) is 5.55. The van der Waals surface area contributed by atoms with Crippen molar-refractivity contribution in [2.45, 2.75) is 26.7 Å². The lowest BCUT2D eigenvalue weighted by atomic mass is 10.0. The highest BCUT2D eigenvalue weighted by atomic mass is 32.1. The van der Waals surface area contributed by atoms with Crippen LogP contribution in [-0.4, -0.2) is 4.98 Å². The molecule has 3 aromatic rings. The third kappa shape index (κ3) is 2.85. The lowest BCUT2D eigenvalue weighted by Crippen LogP contribution is -1.97. The number of thiazole rings is 1. The Morgan fingerprint density at radius 2 is 2.00 bits per heavy atom. The monoisotopic (exact) mass is 297 g/mol. The molecule has 0 aliphatic heterocycles. The molecular formula is C17H19N3S. The van der Waals surface area contributed by atoms with Crippen molar-refractivity contribution in [3.8, 4) is 0 Å². The van der Waals surface area contributed by atoms with Crippen LogP contribution in [0.3, 0.4) is 0 Å². The fourth-order valence-corrected chi connectivity index (χ4v) is 3.20. The number of rotatable bonds is 3. The van der Waals surface area contributed by atoms with Gasteiger partial charge in [0.15, 0.2) is 0 Å². The van der Waals surface area contributed by atoms with Crippen molar-refractivity contribution in [1.29, 1.82) is 0 Å². The van der Waals surface area contributed by atoms with Gasteiger partial charge >= 0.3 is 0 Å². The first-order chi connectivity index (χ1) is 10.0. The molecule has 0 amide bonds. The van der Waals surface area contributed by atoms with E-state index in [2.05, 4.69) is 48.4 Å². The van der Waals surface area contributed by atoms with Gasteiger partial charge in [0.2, 0.25) is 0 Å². The third-order valence-electron chi connectivity index (χ3n) is 3.50. The van der Waals surface area contributed by atoms with Crippen LogP contribution in [0, 0.1) is 6.92 Å². The molecule has 4 heteroatoms. The Hall–Kier alpha value is -2.07. The van der Waals surface area contributed by atoms with Crippen LogP contribution in [0.2, 0.25) is 0 Å². The summed E-state index contributed by atoms with van der Waals surface area (Å²) in [6.45, 7) is 6.40. The molecule has 3 N–H and O–H groups in total. The van der Waals surface area contributed by atoms with Crippen LogP contribution in [0.15, 0.2) is 36.4 Å². The summed E-state index contributed by atoms with van der Waals surface area (Å²) in [4.78, 5) is 4.53. The molecule has 108 valence electrons. The standard InChI is InChI=1S/C17H19N3S/c1-10(2)12-5-4-6-13(7-12)20-15-9-16-17(8-14(15)18)21-11(3)19-16/h4-10,20H,18H2,1-3H3. The Morgan fingerprint density at radius 1 is 1.19 bits per heavy atom. The number of hydrogen-bond acceptors (Lipinski definition) is 4. The quantitative estimate of drug-likeness (QED) is 0.665. The van der Waals surface area contributed by atoms with Gasteiger partial charge < -0.3 is 11.1 Å². The number of nitrogen functional groups attached to an aromatic ring is 1. The van der Waals surface area contributed by atoms with Gasteiger partial charge in [-0.15, -0.1) is 11.3 Å². The molecule has 0 aliphatic carbocycles. The van der Waals surface area contributed by atoms with Crippen molar-refractivity contribution in [3.05, 3.63) is 47.0 Å².